The number of hydrogen-bond acceptors (Lipinski definition) is 9. The molecule has 1 unspecified atom stereocenters. The lowest BCUT2D eigenvalue weighted by Gasteiger charge is -2.39. The molecular formula is C28H35FN6O6S. The molecule has 1 aromatic carbocycles. The van der Waals surface area contributed by atoms with Gasteiger partial charge in [-0.25, -0.2) is 9.18 Å². The van der Waals surface area contributed by atoms with Crippen LogP contribution in [0.3, 0.4) is 0 Å². The van der Waals surface area contributed by atoms with Crippen molar-refractivity contribution in [3.63, 3.8) is 0 Å². The fraction of sp³-hybridized carbons (Fsp3) is 0.464. The van der Waals surface area contributed by atoms with Crippen LogP contribution >= 0.6 is 11.3 Å². The zero-order valence-corrected chi connectivity index (χ0v) is 25.1. The molecule has 4 heterocycles. The summed E-state index contributed by atoms with van der Waals surface area (Å²) in [5.41, 5.74) is -0.495. The maximum atomic E-state index is 14.0. The first-order valence-corrected chi connectivity index (χ1v) is 14.2. The van der Waals surface area contributed by atoms with Crippen molar-refractivity contribution in [3.8, 4) is 10.8 Å². The zero-order valence-electron chi connectivity index (χ0n) is 24.3. The van der Waals surface area contributed by atoms with Gasteiger partial charge in [-0.15, -0.1) is 4.80 Å². The molecule has 1 aliphatic heterocycles. The molecule has 1 atom stereocenters. The number of aryl methyl sites for hydroxylation is 3. The van der Waals surface area contributed by atoms with Crippen LogP contribution < -0.4 is 16.0 Å². The number of hydrogen-bond donors (Lipinski definition) is 1. The van der Waals surface area contributed by atoms with Crippen LogP contribution in [0.15, 0.2) is 40.2 Å². The molecule has 1 amide bonds. The number of halogens is 1. The van der Waals surface area contributed by atoms with Gasteiger partial charge in [0.05, 0.1) is 43.6 Å². The lowest BCUT2D eigenvalue weighted by atomic mass is 9.90. The quantitative estimate of drug-likeness (QED) is 0.324. The number of piperidine rings is 1. The summed E-state index contributed by atoms with van der Waals surface area (Å²) in [6.07, 6.45) is 3.99. The third-order valence-electron chi connectivity index (χ3n) is 7.35. The van der Waals surface area contributed by atoms with E-state index in [1.165, 1.54) is 39.9 Å². The SMILES string of the molecule is COCCO.COc1ccc(F)cc1CCn1c(=O)n(C2(C)CCC(=O)N(C)C2)c(=O)c2c(C)c(-n3nccn3)sc21. The van der Waals surface area contributed by atoms with E-state index in [1.807, 2.05) is 13.8 Å². The molecule has 0 bridgehead atoms. The van der Waals surface area contributed by atoms with Gasteiger partial charge in [0, 0.05) is 39.2 Å². The van der Waals surface area contributed by atoms with Crippen LogP contribution in [0.25, 0.3) is 15.2 Å². The zero-order chi connectivity index (χ0) is 30.6. The highest BCUT2D eigenvalue weighted by Gasteiger charge is 2.38. The smallest absolute Gasteiger partial charge is 0.332 e. The first-order valence-electron chi connectivity index (χ1n) is 13.4. The Morgan fingerprint density at radius 1 is 1.17 bits per heavy atom. The van der Waals surface area contributed by atoms with E-state index in [9.17, 15) is 18.8 Å². The number of fused-ring (bicyclic) bond motifs is 1. The summed E-state index contributed by atoms with van der Waals surface area (Å²) in [6.45, 7) is 4.64. The Kier molecular flexibility index (Phi) is 9.59. The van der Waals surface area contributed by atoms with E-state index in [0.717, 1.165) is 0 Å². The molecule has 42 heavy (non-hydrogen) atoms. The second kappa shape index (κ2) is 13.0. The summed E-state index contributed by atoms with van der Waals surface area (Å²) in [5.74, 6) is 0.0887. The van der Waals surface area contributed by atoms with Gasteiger partial charge in [-0.3, -0.25) is 18.7 Å². The Bertz CT molecular complexity index is 1680. The molecule has 3 aromatic heterocycles. The van der Waals surface area contributed by atoms with E-state index in [4.69, 9.17) is 9.84 Å². The molecule has 226 valence electrons. The van der Waals surface area contributed by atoms with Crippen LogP contribution in [0.1, 0.15) is 30.9 Å². The number of likely N-dealkylation sites (tertiary alicyclic amines) is 1. The van der Waals surface area contributed by atoms with Crippen molar-refractivity contribution in [3.05, 3.63) is 68.4 Å². The molecule has 4 aromatic rings. The molecule has 0 aliphatic carbocycles. The largest absolute Gasteiger partial charge is 0.496 e. The lowest BCUT2D eigenvalue weighted by molar-refractivity contribution is -0.135. The van der Waals surface area contributed by atoms with Crippen molar-refractivity contribution in [2.24, 2.45) is 0 Å². The van der Waals surface area contributed by atoms with Crippen LogP contribution in [0, 0.1) is 12.7 Å². The van der Waals surface area contributed by atoms with Gasteiger partial charge in [-0.1, -0.05) is 11.3 Å². The first kappa shape index (κ1) is 31.1. The Hall–Kier alpha value is -3.88. The number of ether oxygens (including phenoxy) is 2. The number of carbonyl (C=O) groups excluding carboxylic acids is 1. The van der Waals surface area contributed by atoms with Gasteiger partial charge in [0.1, 0.15) is 21.4 Å². The summed E-state index contributed by atoms with van der Waals surface area (Å²) in [5, 5.41) is 17.4. The normalized spacial score (nSPS) is 16.9. The van der Waals surface area contributed by atoms with Gasteiger partial charge < -0.3 is 19.5 Å². The van der Waals surface area contributed by atoms with E-state index in [2.05, 4.69) is 14.9 Å². The van der Waals surface area contributed by atoms with Crippen molar-refractivity contribution in [2.45, 2.75) is 45.2 Å². The Balaban J connectivity index is 0.000000748. The van der Waals surface area contributed by atoms with Crippen LogP contribution in [0.5, 0.6) is 5.75 Å². The van der Waals surface area contributed by atoms with Crippen molar-refractivity contribution >= 4 is 27.5 Å². The van der Waals surface area contributed by atoms with Gasteiger partial charge in [0.15, 0.2) is 0 Å². The van der Waals surface area contributed by atoms with Crippen LogP contribution in [-0.2, 0) is 28.0 Å². The second-order valence-corrected chi connectivity index (χ2v) is 11.3. The van der Waals surface area contributed by atoms with E-state index in [-0.39, 0.29) is 32.0 Å². The minimum absolute atomic E-state index is 0.0242. The third kappa shape index (κ3) is 6.01. The number of likely N-dealkylation sites (N-methyl/N-ethyl adjacent to an activating group) is 1. The summed E-state index contributed by atoms with van der Waals surface area (Å²) in [4.78, 5) is 43.7. The lowest BCUT2D eigenvalue weighted by Crippen LogP contribution is -2.57. The van der Waals surface area contributed by atoms with E-state index in [0.29, 0.717) is 51.5 Å². The van der Waals surface area contributed by atoms with Crippen LogP contribution in [0.4, 0.5) is 4.39 Å². The molecule has 0 saturated carbocycles. The van der Waals surface area contributed by atoms with Crippen molar-refractivity contribution in [2.75, 3.05) is 41.0 Å². The molecule has 1 saturated heterocycles. The number of methoxy groups -OCH3 is 2. The number of benzene rings is 1. The third-order valence-corrected chi connectivity index (χ3v) is 8.63. The monoisotopic (exact) mass is 602 g/mol. The molecular weight excluding hydrogens is 567 g/mol. The highest BCUT2D eigenvalue weighted by atomic mass is 32.1. The number of aromatic nitrogens is 5. The van der Waals surface area contributed by atoms with E-state index in [1.54, 1.807) is 42.1 Å². The number of rotatable bonds is 8. The number of thiophene rings is 1. The summed E-state index contributed by atoms with van der Waals surface area (Å²) < 4.78 is 26.7. The highest BCUT2D eigenvalue weighted by molar-refractivity contribution is 7.21. The molecule has 1 fully saturated rings. The predicted octanol–water partition coefficient (Wildman–Crippen LogP) is 2.10. The maximum absolute atomic E-state index is 14.0. The van der Waals surface area contributed by atoms with Crippen LogP contribution in [0.2, 0.25) is 0 Å². The topological polar surface area (TPSA) is 134 Å². The fourth-order valence-electron chi connectivity index (χ4n) is 5.21. The minimum Gasteiger partial charge on any atom is -0.496 e. The van der Waals surface area contributed by atoms with Crippen molar-refractivity contribution in [1.29, 1.82) is 0 Å². The van der Waals surface area contributed by atoms with Crippen LogP contribution in [-0.4, -0.2) is 81.1 Å². The molecule has 1 N–H and O–H groups in total. The fourth-order valence-corrected chi connectivity index (χ4v) is 6.45. The average molecular weight is 603 g/mol. The Morgan fingerprint density at radius 2 is 1.88 bits per heavy atom. The number of nitrogens with zero attached hydrogens (tertiary/aromatic N) is 6. The summed E-state index contributed by atoms with van der Waals surface area (Å²) in [7, 11) is 4.74. The molecule has 0 radical (unpaired) electrons. The molecule has 0 spiro atoms. The van der Waals surface area contributed by atoms with Gasteiger partial charge in [0.25, 0.3) is 5.56 Å². The molecule has 14 heteroatoms. The Labute approximate surface area is 245 Å². The molecule has 12 nitrogen and oxygen atoms in total. The number of carbonyl (C=O) groups is 1. The Morgan fingerprint density at radius 3 is 2.48 bits per heavy atom. The second-order valence-electron chi connectivity index (χ2n) is 10.3. The predicted molar refractivity (Wildman–Crippen MR) is 156 cm³/mol. The van der Waals surface area contributed by atoms with Gasteiger partial charge in [-0.05, 0) is 50.5 Å². The summed E-state index contributed by atoms with van der Waals surface area (Å²) in [6, 6.07) is 4.26. The first-order chi connectivity index (χ1) is 20.1. The minimum atomic E-state index is -0.887. The number of amides is 1. The highest BCUT2D eigenvalue weighted by Crippen LogP contribution is 2.33. The molecule has 1 aliphatic rings. The maximum Gasteiger partial charge on any atom is 0.332 e. The number of aliphatic hydroxyl groups excluding tert-OH is 1. The molecule has 5 rings (SSSR count). The standard InChI is InChI=1S/C25H27FN6O4S.C3H8O2/c1-15-20-21(34)31(25(2)9-7-19(33)29(3)14-25)24(35)30(23(20)37-22(15)32-27-10-11-28-32)12-8-16-13-17(26)5-6-18(16)36-4;1-5-3-2-4/h5-6,10-11,13H,7-9,12,14H2,1-4H3;4H,2-3H2,1H3. The van der Waals surface area contributed by atoms with E-state index >= 15 is 0 Å². The number of aliphatic hydroxyl groups is 1. The van der Waals surface area contributed by atoms with Crippen molar-refractivity contribution in [1.82, 2.24) is 29.0 Å². The van der Waals surface area contributed by atoms with E-state index < -0.39 is 22.6 Å². The summed E-state index contributed by atoms with van der Waals surface area (Å²) >= 11 is 1.26. The average Bonchev–Trinajstić information content (AvgIpc) is 3.60. The van der Waals surface area contributed by atoms with Gasteiger partial charge >= 0.3 is 5.69 Å². The van der Waals surface area contributed by atoms with Crippen molar-refractivity contribution < 1.29 is 23.8 Å². The van der Waals surface area contributed by atoms with Gasteiger partial charge in [-0.2, -0.15) is 10.2 Å². The van der Waals surface area contributed by atoms with Gasteiger partial charge in [0.2, 0.25) is 5.91 Å².